The van der Waals surface area contributed by atoms with Gasteiger partial charge in [-0.15, -0.1) is 0 Å². The van der Waals surface area contributed by atoms with E-state index >= 15 is 0 Å². The van der Waals surface area contributed by atoms with Crippen molar-refractivity contribution in [3.8, 4) is 0 Å². The molecule has 2 aromatic rings. The Morgan fingerprint density at radius 1 is 0.944 bits per heavy atom. The summed E-state index contributed by atoms with van der Waals surface area (Å²) in [6.07, 6.45) is 0. The summed E-state index contributed by atoms with van der Waals surface area (Å²) in [5, 5.41) is 0. The quantitative estimate of drug-likeness (QED) is 0.820. The van der Waals surface area contributed by atoms with Crippen LogP contribution in [0.1, 0.15) is 18.1 Å². The van der Waals surface area contributed by atoms with Crippen LogP contribution in [-0.2, 0) is 0 Å². The molecular weight excluding hydrogens is 220 g/mol. The van der Waals surface area contributed by atoms with Crippen molar-refractivity contribution in [3.05, 3.63) is 53.6 Å². The van der Waals surface area contributed by atoms with Crippen LogP contribution in [0.3, 0.4) is 0 Å². The summed E-state index contributed by atoms with van der Waals surface area (Å²) in [5.74, 6) is 0. The van der Waals surface area contributed by atoms with Crippen molar-refractivity contribution < 1.29 is 0 Å². The van der Waals surface area contributed by atoms with Gasteiger partial charge in [0.25, 0.3) is 0 Å². The zero-order valence-electron chi connectivity index (χ0n) is 11.3. The third-order valence-corrected chi connectivity index (χ3v) is 3.23. The highest BCUT2D eigenvalue weighted by molar-refractivity contribution is 5.67. The molecule has 2 aromatic carbocycles. The van der Waals surface area contributed by atoms with E-state index in [9.17, 15) is 0 Å². The monoisotopic (exact) mass is 240 g/mol. The van der Waals surface area contributed by atoms with Gasteiger partial charge in [0.1, 0.15) is 0 Å². The van der Waals surface area contributed by atoms with E-state index in [0.29, 0.717) is 0 Å². The summed E-state index contributed by atoms with van der Waals surface area (Å²) < 4.78 is 0. The van der Waals surface area contributed by atoms with Crippen molar-refractivity contribution in [1.82, 2.24) is 0 Å². The molecule has 0 saturated heterocycles. The molecule has 18 heavy (non-hydrogen) atoms. The second-order valence-corrected chi connectivity index (χ2v) is 4.62. The number of benzene rings is 2. The average molecular weight is 240 g/mol. The second kappa shape index (κ2) is 5.13. The fraction of sp³-hybridized carbons (Fsp3) is 0.250. The van der Waals surface area contributed by atoms with E-state index in [2.05, 4.69) is 55.1 Å². The molecule has 0 bridgehead atoms. The van der Waals surface area contributed by atoms with Crippen LogP contribution in [0.25, 0.3) is 0 Å². The SMILES string of the molecule is CCN(c1ccc(C)cc1)c1ccc(N)c(C)c1. The number of nitrogens with two attached hydrogens (primary N) is 1. The van der Waals surface area contributed by atoms with Crippen LogP contribution in [0.2, 0.25) is 0 Å². The van der Waals surface area contributed by atoms with E-state index in [1.807, 2.05) is 13.0 Å². The van der Waals surface area contributed by atoms with Gasteiger partial charge in [-0.3, -0.25) is 0 Å². The lowest BCUT2D eigenvalue weighted by molar-refractivity contribution is 1.02. The molecule has 0 aliphatic heterocycles. The first-order valence-electron chi connectivity index (χ1n) is 6.32. The summed E-state index contributed by atoms with van der Waals surface area (Å²) in [4.78, 5) is 2.28. The summed E-state index contributed by atoms with van der Waals surface area (Å²) in [7, 11) is 0. The third-order valence-electron chi connectivity index (χ3n) is 3.23. The van der Waals surface area contributed by atoms with Gasteiger partial charge >= 0.3 is 0 Å². The number of aryl methyl sites for hydroxylation is 2. The molecule has 0 heterocycles. The largest absolute Gasteiger partial charge is 0.399 e. The predicted molar refractivity (Wildman–Crippen MR) is 79.5 cm³/mol. The molecule has 94 valence electrons. The molecule has 0 aliphatic rings. The Kier molecular flexibility index (Phi) is 3.56. The van der Waals surface area contributed by atoms with Crippen molar-refractivity contribution in [1.29, 1.82) is 0 Å². The van der Waals surface area contributed by atoms with Crippen LogP contribution in [0, 0.1) is 13.8 Å². The Balaban J connectivity index is 2.38. The highest BCUT2D eigenvalue weighted by Gasteiger charge is 2.07. The normalized spacial score (nSPS) is 10.4. The Bertz CT molecular complexity index is 529. The van der Waals surface area contributed by atoms with Crippen molar-refractivity contribution in [3.63, 3.8) is 0 Å². The minimum absolute atomic E-state index is 0.846. The molecule has 0 radical (unpaired) electrons. The molecule has 0 spiro atoms. The highest BCUT2D eigenvalue weighted by Crippen LogP contribution is 2.27. The van der Waals surface area contributed by atoms with Crippen molar-refractivity contribution in [2.75, 3.05) is 17.2 Å². The van der Waals surface area contributed by atoms with Gasteiger partial charge in [0.05, 0.1) is 0 Å². The molecule has 0 fully saturated rings. The van der Waals surface area contributed by atoms with Gasteiger partial charge in [0.15, 0.2) is 0 Å². The summed E-state index contributed by atoms with van der Waals surface area (Å²) >= 11 is 0. The number of nitrogen functional groups attached to an aromatic ring is 1. The van der Waals surface area contributed by atoms with Crippen molar-refractivity contribution in [2.45, 2.75) is 20.8 Å². The number of nitrogens with zero attached hydrogens (tertiary/aromatic N) is 1. The van der Waals surface area contributed by atoms with Gasteiger partial charge < -0.3 is 10.6 Å². The topological polar surface area (TPSA) is 29.3 Å². The fourth-order valence-corrected chi connectivity index (χ4v) is 2.07. The maximum atomic E-state index is 5.87. The van der Waals surface area contributed by atoms with Gasteiger partial charge in [-0.2, -0.15) is 0 Å². The predicted octanol–water partition coefficient (Wildman–Crippen LogP) is 4.04. The van der Waals surface area contributed by atoms with Crippen molar-refractivity contribution in [2.24, 2.45) is 0 Å². The van der Waals surface area contributed by atoms with E-state index in [1.165, 1.54) is 16.9 Å². The van der Waals surface area contributed by atoms with Gasteiger partial charge in [0.2, 0.25) is 0 Å². The summed E-state index contributed by atoms with van der Waals surface area (Å²) in [6, 6.07) is 14.8. The Labute approximate surface area is 109 Å². The fourth-order valence-electron chi connectivity index (χ4n) is 2.07. The van der Waals surface area contributed by atoms with Gasteiger partial charge in [0, 0.05) is 23.6 Å². The van der Waals surface area contributed by atoms with Crippen LogP contribution in [0.15, 0.2) is 42.5 Å². The zero-order chi connectivity index (χ0) is 13.1. The Morgan fingerprint density at radius 3 is 2.11 bits per heavy atom. The van der Waals surface area contributed by atoms with Gasteiger partial charge in [-0.1, -0.05) is 17.7 Å². The number of anilines is 3. The average Bonchev–Trinajstić information content (AvgIpc) is 2.37. The van der Waals surface area contributed by atoms with Gasteiger partial charge in [-0.05, 0) is 56.7 Å². The standard InChI is InChI=1S/C16H20N2/c1-4-18(14-7-5-12(2)6-8-14)15-9-10-16(17)13(3)11-15/h5-11H,4,17H2,1-3H3. The van der Waals surface area contributed by atoms with Crippen LogP contribution >= 0.6 is 0 Å². The molecule has 0 unspecified atom stereocenters. The van der Waals surface area contributed by atoms with Crippen molar-refractivity contribution >= 4 is 17.1 Å². The molecule has 0 saturated carbocycles. The van der Waals surface area contributed by atoms with E-state index < -0.39 is 0 Å². The van der Waals surface area contributed by atoms with Crippen LogP contribution in [-0.4, -0.2) is 6.54 Å². The van der Waals surface area contributed by atoms with E-state index in [1.54, 1.807) is 0 Å². The number of hydrogen-bond donors (Lipinski definition) is 1. The Hall–Kier alpha value is -1.96. The smallest absolute Gasteiger partial charge is 0.0414 e. The lowest BCUT2D eigenvalue weighted by Gasteiger charge is -2.24. The first kappa shape index (κ1) is 12.5. The van der Waals surface area contributed by atoms with Crippen LogP contribution in [0.4, 0.5) is 17.1 Å². The molecule has 2 rings (SSSR count). The van der Waals surface area contributed by atoms with E-state index in [4.69, 9.17) is 5.73 Å². The summed E-state index contributed by atoms with van der Waals surface area (Å²) in [6.45, 7) is 7.24. The molecule has 0 atom stereocenters. The Morgan fingerprint density at radius 2 is 1.56 bits per heavy atom. The molecule has 2 N–H and O–H groups in total. The first-order chi connectivity index (χ1) is 8.61. The van der Waals surface area contributed by atoms with Crippen LogP contribution in [0.5, 0.6) is 0 Å². The molecule has 2 heteroatoms. The lowest BCUT2D eigenvalue weighted by Crippen LogP contribution is -2.16. The van der Waals surface area contributed by atoms with E-state index in [-0.39, 0.29) is 0 Å². The molecule has 0 aromatic heterocycles. The first-order valence-corrected chi connectivity index (χ1v) is 6.32. The van der Waals surface area contributed by atoms with E-state index in [0.717, 1.165) is 17.8 Å². The van der Waals surface area contributed by atoms with Crippen LogP contribution < -0.4 is 10.6 Å². The summed E-state index contributed by atoms with van der Waals surface area (Å²) in [5.41, 5.74) is 11.5. The zero-order valence-corrected chi connectivity index (χ0v) is 11.3. The third kappa shape index (κ3) is 2.48. The number of rotatable bonds is 3. The highest BCUT2D eigenvalue weighted by atomic mass is 15.1. The second-order valence-electron chi connectivity index (χ2n) is 4.62. The number of hydrogen-bond acceptors (Lipinski definition) is 2. The molecule has 0 amide bonds. The minimum atomic E-state index is 0.846. The molecule has 2 nitrogen and oxygen atoms in total. The van der Waals surface area contributed by atoms with Gasteiger partial charge in [-0.25, -0.2) is 0 Å². The maximum absolute atomic E-state index is 5.87. The molecule has 0 aliphatic carbocycles. The lowest BCUT2D eigenvalue weighted by atomic mass is 10.1. The maximum Gasteiger partial charge on any atom is 0.0414 e. The molecular formula is C16H20N2. The minimum Gasteiger partial charge on any atom is -0.399 e.